The molecule has 5 heteroatoms. The standard InChI is InChI=1S/C14H19NO3S/c1-11(16)13(8-9-19-2)15-14(17)18-10-12-6-4-3-5-7-12/h3-7,13H,8-10H2,1-2H3,(H,15,17)/t13-/m0/s1. The first-order valence-corrected chi connectivity index (χ1v) is 7.49. The Morgan fingerprint density at radius 3 is 2.58 bits per heavy atom. The number of Topliss-reactive ketones (excluding diaryl/α,β-unsaturated/α-hetero) is 1. The monoisotopic (exact) mass is 281 g/mol. The predicted octanol–water partition coefficient (Wildman–Crippen LogP) is 2.62. The summed E-state index contributed by atoms with van der Waals surface area (Å²) in [5.41, 5.74) is 0.918. The van der Waals surface area contributed by atoms with Crippen molar-refractivity contribution in [1.82, 2.24) is 5.32 Å². The van der Waals surface area contributed by atoms with Crippen molar-refractivity contribution >= 4 is 23.6 Å². The van der Waals surface area contributed by atoms with Crippen LogP contribution in [0.15, 0.2) is 30.3 Å². The minimum absolute atomic E-state index is 0.0503. The third-order valence-corrected chi connectivity index (χ3v) is 3.25. The van der Waals surface area contributed by atoms with Gasteiger partial charge in [0, 0.05) is 0 Å². The highest BCUT2D eigenvalue weighted by molar-refractivity contribution is 7.98. The fourth-order valence-corrected chi connectivity index (χ4v) is 1.99. The summed E-state index contributed by atoms with van der Waals surface area (Å²) in [7, 11) is 0. The van der Waals surface area contributed by atoms with Crippen LogP contribution in [0.25, 0.3) is 0 Å². The van der Waals surface area contributed by atoms with E-state index < -0.39 is 12.1 Å². The Kier molecular flexibility index (Phi) is 7.03. The quantitative estimate of drug-likeness (QED) is 0.834. The third kappa shape index (κ3) is 6.29. The molecule has 0 aliphatic heterocycles. The summed E-state index contributed by atoms with van der Waals surface area (Å²) < 4.78 is 5.08. The molecule has 0 saturated heterocycles. The lowest BCUT2D eigenvalue weighted by molar-refractivity contribution is -0.118. The lowest BCUT2D eigenvalue weighted by Crippen LogP contribution is -2.40. The van der Waals surface area contributed by atoms with E-state index in [4.69, 9.17) is 4.74 Å². The third-order valence-electron chi connectivity index (χ3n) is 2.61. The maximum atomic E-state index is 11.6. The Morgan fingerprint density at radius 2 is 2.00 bits per heavy atom. The molecule has 1 amide bonds. The Balaban J connectivity index is 2.38. The molecule has 0 unspecified atom stereocenters. The molecule has 0 aliphatic carbocycles. The molecule has 0 saturated carbocycles. The number of nitrogens with one attached hydrogen (secondary N) is 1. The van der Waals surface area contributed by atoms with Crippen LogP contribution >= 0.6 is 11.8 Å². The van der Waals surface area contributed by atoms with Gasteiger partial charge in [0.2, 0.25) is 0 Å². The van der Waals surface area contributed by atoms with Gasteiger partial charge in [-0.3, -0.25) is 4.79 Å². The van der Waals surface area contributed by atoms with Gasteiger partial charge in [-0.1, -0.05) is 30.3 Å². The van der Waals surface area contributed by atoms with Crippen LogP contribution in [0.1, 0.15) is 18.9 Å². The van der Waals surface area contributed by atoms with Crippen LogP contribution in [0.5, 0.6) is 0 Å². The summed E-state index contributed by atoms with van der Waals surface area (Å²) >= 11 is 1.64. The lowest BCUT2D eigenvalue weighted by atomic mass is 10.1. The smallest absolute Gasteiger partial charge is 0.408 e. The largest absolute Gasteiger partial charge is 0.445 e. The van der Waals surface area contributed by atoms with E-state index in [0.29, 0.717) is 6.42 Å². The second-order valence-corrected chi connectivity index (χ2v) is 5.14. The first-order valence-electron chi connectivity index (χ1n) is 6.10. The van der Waals surface area contributed by atoms with E-state index in [2.05, 4.69) is 5.32 Å². The zero-order chi connectivity index (χ0) is 14.1. The number of thioether (sulfide) groups is 1. The van der Waals surface area contributed by atoms with E-state index in [-0.39, 0.29) is 12.4 Å². The van der Waals surface area contributed by atoms with Crippen molar-refractivity contribution in [3.63, 3.8) is 0 Å². The number of carbonyl (C=O) groups is 2. The van der Waals surface area contributed by atoms with Gasteiger partial charge < -0.3 is 10.1 Å². The van der Waals surface area contributed by atoms with E-state index in [9.17, 15) is 9.59 Å². The summed E-state index contributed by atoms with van der Waals surface area (Å²) in [4.78, 5) is 23.0. The SMILES string of the molecule is CSCC[C@H](NC(=O)OCc1ccccc1)C(C)=O. The van der Waals surface area contributed by atoms with Gasteiger partial charge in [0.05, 0.1) is 6.04 Å². The molecule has 0 heterocycles. The van der Waals surface area contributed by atoms with Gasteiger partial charge in [-0.2, -0.15) is 11.8 Å². The van der Waals surface area contributed by atoms with Gasteiger partial charge in [0.25, 0.3) is 0 Å². The number of hydrogen-bond donors (Lipinski definition) is 1. The molecular formula is C14H19NO3S. The minimum Gasteiger partial charge on any atom is -0.445 e. The van der Waals surface area contributed by atoms with Crippen LogP contribution in [0.2, 0.25) is 0 Å². The van der Waals surface area contributed by atoms with Gasteiger partial charge in [-0.05, 0) is 30.9 Å². The zero-order valence-corrected chi connectivity index (χ0v) is 12.0. The van der Waals surface area contributed by atoms with Crippen molar-refractivity contribution in [2.24, 2.45) is 0 Å². The van der Waals surface area contributed by atoms with E-state index in [1.807, 2.05) is 36.6 Å². The first-order chi connectivity index (χ1) is 9.13. The fourth-order valence-electron chi connectivity index (χ4n) is 1.52. The van der Waals surface area contributed by atoms with Gasteiger partial charge >= 0.3 is 6.09 Å². The van der Waals surface area contributed by atoms with E-state index in [1.165, 1.54) is 6.92 Å². The van der Waals surface area contributed by atoms with Crippen molar-refractivity contribution in [3.8, 4) is 0 Å². The van der Waals surface area contributed by atoms with Crippen LogP contribution in [0.3, 0.4) is 0 Å². The molecule has 1 aromatic rings. The van der Waals surface area contributed by atoms with Crippen LogP contribution in [-0.4, -0.2) is 29.9 Å². The highest BCUT2D eigenvalue weighted by Gasteiger charge is 2.17. The number of alkyl carbamates (subject to hydrolysis) is 1. The van der Waals surface area contributed by atoms with Crippen LogP contribution in [0.4, 0.5) is 4.79 Å². The molecule has 0 aromatic heterocycles. The fraction of sp³-hybridized carbons (Fsp3) is 0.429. The number of hydrogen-bond acceptors (Lipinski definition) is 4. The minimum atomic E-state index is -0.551. The molecule has 104 valence electrons. The normalized spacial score (nSPS) is 11.7. The number of rotatable bonds is 7. The predicted molar refractivity (Wildman–Crippen MR) is 77.2 cm³/mol. The van der Waals surface area contributed by atoms with Crippen LogP contribution in [0, 0.1) is 0 Å². The van der Waals surface area contributed by atoms with E-state index in [0.717, 1.165) is 11.3 Å². The van der Waals surface area contributed by atoms with E-state index >= 15 is 0 Å². The zero-order valence-electron chi connectivity index (χ0n) is 11.2. The van der Waals surface area contributed by atoms with Crippen molar-refractivity contribution in [3.05, 3.63) is 35.9 Å². The van der Waals surface area contributed by atoms with E-state index in [1.54, 1.807) is 11.8 Å². The molecule has 0 aliphatic rings. The number of ketones is 1. The maximum absolute atomic E-state index is 11.6. The highest BCUT2D eigenvalue weighted by Crippen LogP contribution is 2.04. The van der Waals surface area contributed by atoms with Crippen molar-refractivity contribution in [2.75, 3.05) is 12.0 Å². The topological polar surface area (TPSA) is 55.4 Å². The molecule has 19 heavy (non-hydrogen) atoms. The Hall–Kier alpha value is -1.49. The molecule has 1 rings (SSSR count). The average molecular weight is 281 g/mol. The molecule has 0 fully saturated rings. The molecule has 0 radical (unpaired) electrons. The average Bonchev–Trinajstić information content (AvgIpc) is 2.42. The molecule has 1 N–H and O–H groups in total. The number of amides is 1. The van der Waals surface area contributed by atoms with Crippen molar-refractivity contribution < 1.29 is 14.3 Å². The summed E-state index contributed by atoms with van der Waals surface area (Å²) in [6.07, 6.45) is 2.03. The molecule has 0 spiro atoms. The van der Waals surface area contributed by atoms with Crippen molar-refractivity contribution in [1.29, 1.82) is 0 Å². The second-order valence-electron chi connectivity index (χ2n) is 4.15. The summed E-state index contributed by atoms with van der Waals surface area (Å²) in [6.45, 7) is 1.68. The molecule has 1 aromatic carbocycles. The number of ether oxygens (including phenoxy) is 1. The van der Waals surface area contributed by atoms with Gasteiger partial charge in [0.1, 0.15) is 6.61 Å². The molecule has 0 bridgehead atoms. The second kappa shape index (κ2) is 8.58. The Morgan fingerprint density at radius 1 is 1.32 bits per heavy atom. The number of carbonyl (C=O) groups excluding carboxylic acids is 2. The van der Waals surface area contributed by atoms with Crippen LogP contribution < -0.4 is 5.32 Å². The summed E-state index contributed by atoms with van der Waals surface area (Å²) in [5, 5.41) is 2.60. The summed E-state index contributed by atoms with van der Waals surface area (Å²) in [6, 6.07) is 8.96. The Bertz CT molecular complexity index is 408. The maximum Gasteiger partial charge on any atom is 0.408 e. The van der Waals surface area contributed by atoms with Gasteiger partial charge in [0.15, 0.2) is 5.78 Å². The molecule has 1 atom stereocenters. The Labute approximate surface area is 117 Å². The van der Waals surface area contributed by atoms with Crippen LogP contribution in [-0.2, 0) is 16.1 Å². The van der Waals surface area contributed by atoms with Gasteiger partial charge in [-0.25, -0.2) is 4.79 Å². The molecule has 4 nitrogen and oxygen atoms in total. The molecular weight excluding hydrogens is 262 g/mol. The van der Waals surface area contributed by atoms with Gasteiger partial charge in [-0.15, -0.1) is 0 Å². The number of benzene rings is 1. The van der Waals surface area contributed by atoms with Crippen molar-refractivity contribution in [2.45, 2.75) is 26.0 Å². The highest BCUT2D eigenvalue weighted by atomic mass is 32.2. The first kappa shape index (κ1) is 15.6. The summed E-state index contributed by atoms with van der Waals surface area (Å²) in [5.74, 6) is 0.772. The lowest BCUT2D eigenvalue weighted by Gasteiger charge is -2.15.